The van der Waals surface area contributed by atoms with Gasteiger partial charge in [-0.15, -0.1) is 0 Å². The van der Waals surface area contributed by atoms with Crippen LogP contribution in [0.4, 0.5) is 4.79 Å². The molecular weight excluding hydrogens is 264 g/mol. The van der Waals surface area contributed by atoms with E-state index >= 15 is 0 Å². The van der Waals surface area contributed by atoms with Crippen LogP contribution in [0.3, 0.4) is 0 Å². The van der Waals surface area contributed by atoms with E-state index < -0.39 is 0 Å². The maximum atomic E-state index is 12.0. The largest absolute Gasteiger partial charge is 0.396 e. The maximum Gasteiger partial charge on any atom is 0.315 e. The monoisotopic (exact) mass is 290 g/mol. The van der Waals surface area contributed by atoms with E-state index in [1.54, 1.807) is 0 Å². The van der Waals surface area contributed by atoms with Crippen molar-refractivity contribution in [1.29, 1.82) is 0 Å². The number of hydrogen-bond donors (Lipinski definition) is 3. The molecule has 4 nitrogen and oxygen atoms in total. The summed E-state index contributed by atoms with van der Waals surface area (Å²) >= 11 is 0. The number of rotatable bonds is 6. The van der Waals surface area contributed by atoms with Crippen molar-refractivity contribution < 1.29 is 9.90 Å². The van der Waals surface area contributed by atoms with Gasteiger partial charge in [0.05, 0.1) is 0 Å². The molecule has 0 radical (unpaired) electrons. The minimum Gasteiger partial charge on any atom is -0.396 e. The van der Waals surface area contributed by atoms with Crippen LogP contribution in [0.1, 0.15) is 49.8 Å². The van der Waals surface area contributed by atoms with Crippen molar-refractivity contribution in [2.45, 2.75) is 58.0 Å². The van der Waals surface area contributed by atoms with Crippen LogP contribution < -0.4 is 10.6 Å². The Morgan fingerprint density at radius 2 is 2.10 bits per heavy atom. The van der Waals surface area contributed by atoms with Gasteiger partial charge in [-0.2, -0.15) is 0 Å². The van der Waals surface area contributed by atoms with E-state index in [4.69, 9.17) is 5.11 Å². The Balaban J connectivity index is 1.86. The quantitative estimate of drug-likeness (QED) is 0.754. The molecule has 0 saturated heterocycles. The normalized spacial score (nSPS) is 16.1. The summed E-state index contributed by atoms with van der Waals surface area (Å²) in [6.07, 6.45) is 4.93. The van der Waals surface area contributed by atoms with Crippen molar-refractivity contribution in [1.82, 2.24) is 10.6 Å². The van der Waals surface area contributed by atoms with Crippen LogP contribution in [0.25, 0.3) is 0 Å². The minimum absolute atomic E-state index is 0.0788. The van der Waals surface area contributed by atoms with Crippen molar-refractivity contribution >= 4 is 6.03 Å². The summed E-state index contributed by atoms with van der Waals surface area (Å²) in [5.41, 5.74) is 3.67. The van der Waals surface area contributed by atoms with Crippen molar-refractivity contribution in [3.05, 3.63) is 34.9 Å². The van der Waals surface area contributed by atoms with E-state index in [9.17, 15) is 4.79 Å². The first-order chi connectivity index (χ1) is 10.1. The molecule has 21 heavy (non-hydrogen) atoms. The van der Waals surface area contributed by atoms with Crippen molar-refractivity contribution in [2.75, 3.05) is 6.61 Å². The average molecular weight is 290 g/mol. The third-order valence-electron chi connectivity index (χ3n) is 4.48. The number of carbonyl (C=O) groups is 1. The first kappa shape index (κ1) is 15.8. The highest BCUT2D eigenvalue weighted by atomic mass is 16.3. The molecule has 0 aliphatic heterocycles. The standard InChI is InChI=1S/C17H26N2O2/c1-3-17(2,9-10-20)19-16(21)18-12-13-7-8-14-5-4-6-15(14)11-13/h7-8,11,20H,3-6,9-10,12H2,1-2H3,(H2,18,19,21). The molecule has 0 bridgehead atoms. The second-order valence-electron chi connectivity index (χ2n) is 6.15. The first-order valence-corrected chi connectivity index (χ1v) is 7.84. The summed E-state index contributed by atoms with van der Waals surface area (Å²) in [6, 6.07) is 6.31. The van der Waals surface area contributed by atoms with Crippen LogP contribution in [0.15, 0.2) is 18.2 Å². The molecule has 0 saturated carbocycles. The summed E-state index contributed by atoms with van der Waals surface area (Å²) < 4.78 is 0. The number of carbonyl (C=O) groups excluding carboxylic acids is 1. The van der Waals surface area contributed by atoms with Crippen LogP contribution in [0.5, 0.6) is 0 Å². The third kappa shape index (κ3) is 4.21. The van der Waals surface area contributed by atoms with E-state index in [2.05, 4.69) is 28.8 Å². The molecule has 116 valence electrons. The highest BCUT2D eigenvalue weighted by Crippen LogP contribution is 2.22. The van der Waals surface area contributed by atoms with Gasteiger partial charge in [-0.25, -0.2) is 4.79 Å². The lowest BCUT2D eigenvalue weighted by Crippen LogP contribution is -2.50. The number of aryl methyl sites for hydroxylation is 2. The summed E-state index contributed by atoms with van der Waals surface area (Å²) in [5.74, 6) is 0. The number of amides is 2. The Bertz CT molecular complexity index is 502. The van der Waals surface area contributed by atoms with Crippen molar-refractivity contribution in [3.63, 3.8) is 0 Å². The van der Waals surface area contributed by atoms with Crippen LogP contribution >= 0.6 is 0 Å². The number of benzene rings is 1. The fourth-order valence-corrected chi connectivity index (χ4v) is 2.81. The number of nitrogens with one attached hydrogen (secondary N) is 2. The SMILES string of the molecule is CCC(C)(CCO)NC(=O)NCc1ccc2c(c1)CCC2. The predicted molar refractivity (Wildman–Crippen MR) is 84.2 cm³/mol. The van der Waals surface area contributed by atoms with Gasteiger partial charge >= 0.3 is 6.03 Å². The van der Waals surface area contributed by atoms with E-state index in [-0.39, 0.29) is 18.2 Å². The summed E-state index contributed by atoms with van der Waals surface area (Å²) in [6.45, 7) is 4.59. The fourth-order valence-electron chi connectivity index (χ4n) is 2.81. The van der Waals surface area contributed by atoms with Gasteiger partial charge in [-0.05, 0) is 55.7 Å². The second-order valence-corrected chi connectivity index (χ2v) is 6.15. The molecule has 1 aliphatic rings. The molecule has 3 N–H and O–H groups in total. The predicted octanol–water partition coefficient (Wildman–Crippen LogP) is 2.53. The Morgan fingerprint density at radius 3 is 2.81 bits per heavy atom. The van der Waals surface area contributed by atoms with Gasteiger partial charge in [0.15, 0.2) is 0 Å². The lowest BCUT2D eigenvalue weighted by molar-refractivity contribution is 0.200. The Labute approximate surface area is 126 Å². The molecule has 0 spiro atoms. The number of hydrogen-bond acceptors (Lipinski definition) is 2. The van der Waals surface area contributed by atoms with E-state index in [1.165, 1.54) is 24.0 Å². The minimum atomic E-state index is -0.350. The molecule has 1 aromatic rings. The fraction of sp³-hybridized carbons (Fsp3) is 0.588. The van der Waals surface area contributed by atoms with Crippen molar-refractivity contribution in [3.8, 4) is 0 Å². The third-order valence-corrected chi connectivity index (χ3v) is 4.48. The molecule has 2 amide bonds. The van der Waals surface area contributed by atoms with Gasteiger partial charge in [0, 0.05) is 18.7 Å². The van der Waals surface area contributed by atoms with E-state index in [0.29, 0.717) is 13.0 Å². The second kappa shape index (κ2) is 6.94. The summed E-state index contributed by atoms with van der Waals surface area (Å²) in [4.78, 5) is 12.0. The lowest BCUT2D eigenvalue weighted by Gasteiger charge is -2.29. The average Bonchev–Trinajstić information content (AvgIpc) is 2.93. The molecule has 2 rings (SSSR count). The molecule has 1 atom stereocenters. The topological polar surface area (TPSA) is 61.4 Å². The molecule has 1 aromatic carbocycles. The Kier molecular flexibility index (Phi) is 5.23. The summed E-state index contributed by atoms with van der Waals surface area (Å²) in [5, 5.41) is 14.9. The van der Waals surface area contributed by atoms with Crippen LogP contribution in [-0.4, -0.2) is 23.3 Å². The molecule has 0 heterocycles. The molecular formula is C17H26N2O2. The van der Waals surface area contributed by atoms with Gasteiger partial charge < -0.3 is 15.7 Å². The molecule has 4 heteroatoms. The van der Waals surface area contributed by atoms with E-state index in [0.717, 1.165) is 18.4 Å². The molecule has 0 fully saturated rings. The number of urea groups is 1. The number of aliphatic hydroxyl groups excluding tert-OH is 1. The Hall–Kier alpha value is -1.55. The number of fused-ring (bicyclic) bond motifs is 1. The van der Waals surface area contributed by atoms with Crippen molar-refractivity contribution in [2.24, 2.45) is 0 Å². The van der Waals surface area contributed by atoms with Gasteiger partial charge in [0.25, 0.3) is 0 Å². The highest BCUT2D eigenvalue weighted by molar-refractivity contribution is 5.74. The molecule has 0 aromatic heterocycles. The highest BCUT2D eigenvalue weighted by Gasteiger charge is 2.23. The van der Waals surface area contributed by atoms with Crippen LogP contribution in [0.2, 0.25) is 0 Å². The van der Waals surface area contributed by atoms with Crippen LogP contribution in [0, 0.1) is 0 Å². The molecule has 1 unspecified atom stereocenters. The zero-order chi connectivity index (χ0) is 15.3. The van der Waals surface area contributed by atoms with Gasteiger partial charge in [0.2, 0.25) is 0 Å². The van der Waals surface area contributed by atoms with Gasteiger partial charge in [0.1, 0.15) is 0 Å². The van der Waals surface area contributed by atoms with Gasteiger partial charge in [-0.1, -0.05) is 25.1 Å². The van der Waals surface area contributed by atoms with E-state index in [1.807, 2.05) is 13.8 Å². The Morgan fingerprint density at radius 1 is 1.33 bits per heavy atom. The lowest BCUT2D eigenvalue weighted by atomic mass is 9.95. The smallest absolute Gasteiger partial charge is 0.315 e. The maximum absolute atomic E-state index is 12.0. The number of aliphatic hydroxyl groups is 1. The van der Waals surface area contributed by atoms with Gasteiger partial charge in [-0.3, -0.25) is 0 Å². The summed E-state index contributed by atoms with van der Waals surface area (Å²) in [7, 11) is 0. The molecule has 1 aliphatic carbocycles. The zero-order valence-electron chi connectivity index (χ0n) is 13.0. The zero-order valence-corrected chi connectivity index (χ0v) is 13.0. The van der Waals surface area contributed by atoms with Crippen LogP contribution in [-0.2, 0) is 19.4 Å². The first-order valence-electron chi connectivity index (χ1n) is 7.84.